The molecule has 0 bridgehead atoms. The molecule has 7 heteroatoms. The van der Waals surface area contributed by atoms with Gasteiger partial charge in [0.05, 0.1) is 12.8 Å². The summed E-state index contributed by atoms with van der Waals surface area (Å²) in [5.41, 5.74) is 0.382. The predicted molar refractivity (Wildman–Crippen MR) is 79.7 cm³/mol. The molecule has 0 saturated heterocycles. The summed E-state index contributed by atoms with van der Waals surface area (Å²) in [7, 11) is -3.49. The fourth-order valence-corrected chi connectivity index (χ4v) is 2.50. The van der Waals surface area contributed by atoms with Crippen molar-refractivity contribution in [2.24, 2.45) is 0 Å². The number of pyridine rings is 1. The van der Waals surface area contributed by atoms with Crippen molar-refractivity contribution in [1.29, 1.82) is 0 Å². The number of rotatable bonds is 4. The van der Waals surface area contributed by atoms with Crippen LogP contribution in [-0.2, 0) is 16.6 Å². The summed E-state index contributed by atoms with van der Waals surface area (Å²) < 4.78 is 26.0. The van der Waals surface area contributed by atoms with Crippen LogP contribution >= 0.6 is 11.6 Å². The second-order valence-electron chi connectivity index (χ2n) is 4.32. The van der Waals surface area contributed by atoms with Crippen LogP contribution in [0.15, 0.2) is 47.4 Å². The zero-order valence-corrected chi connectivity index (χ0v) is 12.3. The van der Waals surface area contributed by atoms with E-state index in [-0.39, 0.29) is 12.2 Å². The number of aromatic nitrogens is 1. The molecule has 0 saturated carbocycles. The van der Waals surface area contributed by atoms with Crippen molar-refractivity contribution in [3.63, 3.8) is 0 Å². The topological polar surface area (TPSA) is 68.2 Å². The van der Waals surface area contributed by atoms with Crippen LogP contribution in [0.25, 0.3) is 0 Å². The summed E-state index contributed by atoms with van der Waals surface area (Å²) >= 11 is 6.05. The normalized spacial score (nSPS) is 11.3. The van der Waals surface area contributed by atoms with E-state index >= 15 is 0 Å². The standard InChI is InChI=1S/C13H13ClN2O3S/c1-20(18,19)15-12-7-4-8-16(13(12)17)9-10-5-2-3-6-11(10)14/h2-8,15H,9H2,1H3. The average Bonchev–Trinajstić information content (AvgIpc) is 2.35. The summed E-state index contributed by atoms with van der Waals surface area (Å²) in [6.45, 7) is 0.276. The maximum atomic E-state index is 12.2. The molecule has 5 nitrogen and oxygen atoms in total. The van der Waals surface area contributed by atoms with Gasteiger partial charge in [0, 0.05) is 11.2 Å². The van der Waals surface area contributed by atoms with Crippen LogP contribution in [0.4, 0.5) is 5.69 Å². The Bertz CT molecular complexity index is 784. The molecule has 106 valence electrons. The molecule has 0 aliphatic heterocycles. The van der Waals surface area contributed by atoms with Crippen molar-refractivity contribution in [3.05, 3.63) is 63.5 Å². The van der Waals surface area contributed by atoms with Crippen LogP contribution in [0.2, 0.25) is 5.02 Å². The minimum atomic E-state index is -3.49. The maximum absolute atomic E-state index is 12.2. The van der Waals surface area contributed by atoms with Crippen LogP contribution in [0.5, 0.6) is 0 Å². The predicted octanol–water partition coefficient (Wildman–Crippen LogP) is 1.92. The number of hydrogen-bond acceptors (Lipinski definition) is 3. The molecule has 2 aromatic rings. The lowest BCUT2D eigenvalue weighted by atomic mass is 10.2. The summed E-state index contributed by atoms with van der Waals surface area (Å²) in [5.74, 6) is 0. The first-order chi connectivity index (χ1) is 9.37. The van der Waals surface area contributed by atoms with E-state index < -0.39 is 15.6 Å². The lowest BCUT2D eigenvalue weighted by Gasteiger charge is -2.10. The first-order valence-corrected chi connectivity index (χ1v) is 8.04. The Morgan fingerprint density at radius 1 is 1.20 bits per heavy atom. The molecule has 1 N–H and O–H groups in total. The van der Waals surface area contributed by atoms with Gasteiger partial charge in [0.15, 0.2) is 0 Å². The van der Waals surface area contributed by atoms with Gasteiger partial charge in [-0.15, -0.1) is 0 Å². The van der Waals surface area contributed by atoms with Gasteiger partial charge in [-0.25, -0.2) is 8.42 Å². The number of benzene rings is 1. The van der Waals surface area contributed by atoms with Crippen molar-refractivity contribution in [1.82, 2.24) is 4.57 Å². The second-order valence-corrected chi connectivity index (χ2v) is 6.48. The zero-order valence-electron chi connectivity index (χ0n) is 10.7. The van der Waals surface area contributed by atoms with Gasteiger partial charge in [0.25, 0.3) is 5.56 Å². The van der Waals surface area contributed by atoms with E-state index in [1.165, 1.54) is 10.6 Å². The fourth-order valence-electron chi connectivity index (χ4n) is 1.75. The molecule has 0 spiro atoms. The van der Waals surface area contributed by atoms with Crippen molar-refractivity contribution in [2.75, 3.05) is 11.0 Å². The number of sulfonamides is 1. The molecule has 1 aromatic heterocycles. The van der Waals surface area contributed by atoms with Crippen molar-refractivity contribution >= 4 is 27.3 Å². The number of anilines is 1. The smallest absolute Gasteiger partial charge is 0.275 e. The van der Waals surface area contributed by atoms with E-state index in [4.69, 9.17) is 11.6 Å². The Morgan fingerprint density at radius 3 is 2.55 bits per heavy atom. The van der Waals surface area contributed by atoms with Crippen molar-refractivity contribution in [3.8, 4) is 0 Å². The third-order valence-electron chi connectivity index (χ3n) is 2.61. The highest BCUT2D eigenvalue weighted by Gasteiger charge is 2.09. The average molecular weight is 313 g/mol. The number of halogens is 1. The Kier molecular flexibility index (Phi) is 4.15. The van der Waals surface area contributed by atoms with Gasteiger partial charge in [0.1, 0.15) is 5.69 Å². The molecular weight excluding hydrogens is 300 g/mol. The summed E-state index contributed by atoms with van der Waals surface area (Å²) in [6.07, 6.45) is 2.58. The van der Waals surface area contributed by atoms with Gasteiger partial charge in [0.2, 0.25) is 10.0 Å². The first-order valence-electron chi connectivity index (χ1n) is 5.77. The minimum Gasteiger partial charge on any atom is -0.309 e. The van der Waals surface area contributed by atoms with Gasteiger partial charge < -0.3 is 4.57 Å². The molecular formula is C13H13ClN2O3S. The molecule has 0 atom stereocenters. The van der Waals surface area contributed by atoms with Crippen LogP contribution in [0.1, 0.15) is 5.56 Å². The molecule has 20 heavy (non-hydrogen) atoms. The third-order valence-corrected chi connectivity index (χ3v) is 3.57. The van der Waals surface area contributed by atoms with Crippen LogP contribution in [0, 0.1) is 0 Å². The first kappa shape index (κ1) is 14.6. The highest BCUT2D eigenvalue weighted by Crippen LogP contribution is 2.15. The fraction of sp³-hybridized carbons (Fsp3) is 0.154. The Balaban J connectivity index is 2.37. The highest BCUT2D eigenvalue weighted by atomic mass is 35.5. The van der Waals surface area contributed by atoms with Crippen LogP contribution in [-0.4, -0.2) is 19.2 Å². The van der Waals surface area contributed by atoms with E-state index in [0.29, 0.717) is 5.02 Å². The SMILES string of the molecule is CS(=O)(=O)Nc1cccn(Cc2ccccc2Cl)c1=O. The lowest BCUT2D eigenvalue weighted by Crippen LogP contribution is -2.25. The second kappa shape index (κ2) is 5.68. The summed E-state index contributed by atoms with van der Waals surface area (Å²) in [5, 5.41) is 0.556. The molecule has 2 rings (SSSR count). The molecule has 1 heterocycles. The molecule has 0 amide bonds. The van der Waals surface area contributed by atoms with Gasteiger partial charge in [-0.2, -0.15) is 0 Å². The summed E-state index contributed by atoms with van der Waals surface area (Å²) in [4.78, 5) is 12.2. The number of nitrogens with zero attached hydrogens (tertiary/aromatic N) is 1. The van der Waals surface area contributed by atoms with E-state index in [9.17, 15) is 13.2 Å². The molecule has 1 aromatic carbocycles. The van der Waals surface area contributed by atoms with Crippen molar-refractivity contribution < 1.29 is 8.42 Å². The largest absolute Gasteiger partial charge is 0.309 e. The Labute approximate surface area is 121 Å². The molecule has 0 aliphatic carbocycles. The van der Waals surface area contributed by atoms with E-state index in [2.05, 4.69) is 4.72 Å². The Morgan fingerprint density at radius 2 is 1.90 bits per heavy atom. The zero-order chi connectivity index (χ0) is 14.8. The quantitative estimate of drug-likeness (QED) is 0.938. The van der Waals surface area contributed by atoms with Gasteiger partial charge in [-0.05, 0) is 23.8 Å². The van der Waals surface area contributed by atoms with Gasteiger partial charge >= 0.3 is 0 Å². The van der Waals surface area contributed by atoms with Crippen LogP contribution in [0.3, 0.4) is 0 Å². The lowest BCUT2D eigenvalue weighted by molar-refractivity contribution is 0.606. The highest BCUT2D eigenvalue weighted by molar-refractivity contribution is 7.92. The third kappa shape index (κ3) is 3.61. The molecule has 0 fully saturated rings. The molecule has 0 radical (unpaired) electrons. The minimum absolute atomic E-state index is 0.0158. The Hall–Kier alpha value is -1.79. The summed E-state index contributed by atoms with van der Waals surface area (Å²) in [6, 6.07) is 10.2. The maximum Gasteiger partial charge on any atom is 0.275 e. The molecule has 0 unspecified atom stereocenters. The van der Waals surface area contributed by atoms with Crippen molar-refractivity contribution in [2.45, 2.75) is 6.54 Å². The van der Waals surface area contributed by atoms with E-state index in [1.54, 1.807) is 24.4 Å². The number of hydrogen-bond donors (Lipinski definition) is 1. The molecule has 0 aliphatic rings. The van der Waals surface area contributed by atoms with E-state index in [0.717, 1.165) is 11.8 Å². The van der Waals surface area contributed by atoms with E-state index in [1.807, 2.05) is 12.1 Å². The van der Waals surface area contributed by atoms with Gasteiger partial charge in [-0.3, -0.25) is 9.52 Å². The van der Waals surface area contributed by atoms with Gasteiger partial charge in [-0.1, -0.05) is 29.8 Å². The number of nitrogens with one attached hydrogen (secondary N) is 1. The van der Waals surface area contributed by atoms with Crippen LogP contribution < -0.4 is 10.3 Å². The monoisotopic (exact) mass is 312 g/mol.